The van der Waals surface area contributed by atoms with Gasteiger partial charge in [-0.25, -0.2) is 4.79 Å². The molecule has 1 rings (SSSR count). The SMILES string of the molecule is CCCCNC(=O)Oc1cccc(C=C(C)[N+](=O)[O-])c1. The maximum Gasteiger partial charge on any atom is 0.412 e. The summed E-state index contributed by atoms with van der Waals surface area (Å²) in [6.45, 7) is 4.00. The lowest BCUT2D eigenvalue weighted by atomic mass is 10.2. The Morgan fingerprint density at radius 2 is 2.25 bits per heavy atom. The fourth-order valence-electron chi connectivity index (χ4n) is 1.47. The van der Waals surface area contributed by atoms with Crippen LogP contribution in [0.15, 0.2) is 30.0 Å². The number of benzene rings is 1. The predicted molar refractivity (Wildman–Crippen MR) is 76.0 cm³/mol. The van der Waals surface area contributed by atoms with Crippen LogP contribution in [0.4, 0.5) is 4.79 Å². The normalized spacial score (nSPS) is 11.0. The highest BCUT2D eigenvalue weighted by atomic mass is 16.6. The number of hydrogen-bond acceptors (Lipinski definition) is 4. The van der Waals surface area contributed by atoms with E-state index in [1.54, 1.807) is 24.3 Å². The molecule has 0 spiro atoms. The van der Waals surface area contributed by atoms with Gasteiger partial charge in [0.2, 0.25) is 5.70 Å². The lowest BCUT2D eigenvalue weighted by Gasteiger charge is -2.06. The van der Waals surface area contributed by atoms with Crippen LogP contribution in [0.3, 0.4) is 0 Å². The van der Waals surface area contributed by atoms with Crippen molar-refractivity contribution in [1.29, 1.82) is 0 Å². The third-order valence-corrected chi connectivity index (χ3v) is 2.53. The van der Waals surface area contributed by atoms with Gasteiger partial charge in [0, 0.05) is 19.5 Å². The van der Waals surface area contributed by atoms with Gasteiger partial charge in [0.05, 0.1) is 4.92 Å². The first-order valence-corrected chi connectivity index (χ1v) is 6.41. The first-order chi connectivity index (χ1) is 9.52. The quantitative estimate of drug-likeness (QED) is 0.492. The molecular weight excluding hydrogens is 260 g/mol. The molecule has 6 nitrogen and oxygen atoms in total. The highest BCUT2D eigenvalue weighted by molar-refractivity contribution is 5.70. The summed E-state index contributed by atoms with van der Waals surface area (Å²) in [4.78, 5) is 21.6. The summed E-state index contributed by atoms with van der Waals surface area (Å²) in [5.41, 5.74) is 0.632. The Labute approximate surface area is 117 Å². The predicted octanol–water partition coefficient (Wildman–Crippen LogP) is 3.21. The molecule has 20 heavy (non-hydrogen) atoms. The topological polar surface area (TPSA) is 81.5 Å². The van der Waals surface area contributed by atoms with E-state index in [9.17, 15) is 14.9 Å². The molecule has 0 atom stereocenters. The number of carbonyl (C=O) groups excluding carboxylic acids is 1. The first kappa shape index (κ1) is 15.7. The molecule has 0 radical (unpaired) electrons. The molecule has 0 heterocycles. The first-order valence-electron chi connectivity index (χ1n) is 6.41. The number of hydrogen-bond donors (Lipinski definition) is 1. The van der Waals surface area contributed by atoms with Crippen LogP contribution >= 0.6 is 0 Å². The molecule has 0 saturated heterocycles. The van der Waals surface area contributed by atoms with Gasteiger partial charge < -0.3 is 10.1 Å². The molecule has 0 aliphatic rings. The number of carbonyl (C=O) groups is 1. The Balaban J connectivity index is 2.66. The Bertz CT molecular complexity index is 512. The van der Waals surface area contributed by atoms with Crippen LogP contribution in [0.2, 0.25) is 0 Å². The van der Waals surface area contributed by atoms with Crippen LogP contribution in [0.1, 0.15) is 32.3 Å². The zero-order valence-electron chi connectivity index (χ0n) is 11.6. The van der Waals surface area contributed by atoms with Gasteiger partial charge >= 0.3 is 6.09 Å². The largest absolute Gasteiger partial charge is 0.412 e. The number of ether oxygens (including phenoxy) is 1. The van der Waals surface area contributed by atoms with Crippen molar-refractivity contribution in [2.75, 3.05) is 6.54 Å². The Morgan fingerprint density at radius 3 is 2.90 bits per heavy atom. The van der Waals surface area contributed by atoms with Crippen LogP contribution in [0.25, 0.3) is 6.08 Å². The van der Waals surface area contributed by atoms with E-state index in [0.29, 0.717) is 17.9 Å². The van der Waals surface area contributed by atoms with E-state index in [2.05, 4.69) is 5.32 Å². The molecule has 0 bridgehead atoms. The Hall–Kier alpha value is -2.37. The van der Waals surface area contributed by atoms with Gasteiger partial charge in [0.15, 0.2) is 0 Å². The minimum absolute atomic E-state index is 0.0227. The zero-order valence-corrected chi connectivity index (χ0v) is 11.6. The van der Waals surface area contributed by atoms with E-state index in [0.717, 1.165) is 12.8 Å². The van der Waals surface area contributed by atoms with Crippen LogP contribution < -0.4 is 10.1 Å². The molecule has 1 amide bonds. The Morgan fingerprint density at radius 1 is 1.50 bits per heavy atom. The average Bonchev–Trinajstić information content (AvgIpc) is 2.39. The fourth-order valence-corrected chi connectivity index (χ4v) is 1.47. The maximum absolute atomic E-state index is 11.5. The van der Waals surface area contributed by atoms with Crippen molar-refractivity contribution in [1.82, 2.24) is 5.32 Å². The monoisotopic (exact) mass is 278 g/mol. The van der Waals surface area contributed by atoms with E-state index in [-0.39, 0.29) is 5.70 Å². The van der Waals surface area contributed by atoms with E-state index in [4.69, 9.17) is 4.74 Å². The summed E-state index contributed by atoms with van der Waals surface area (Å²) in [6, 6.07) is 6.58. The van der Waals surface area contributed by atoms with E-state index in [1.165, 1.54) is 13.0 Å². The summed E-state index contributed by atoms with van der Waals surface area (Å²) < 4.78 is 5.09. The van der Waals surface area contributed by atoms with Crippen molar-refractivity contribution in [2.24, 2.45) is 0 Å². The highest BCUT2D eigenvalue weighted by Crippen LogP contribution is 2.16. The molecule has 0 saturated carbocycles. The lowest BCUT2D eigenvalue weighted by molar-refractivity contribution is -0.422. The number of nitrogens with zero attached hydrogens (tertiary/aromatic N) is 1. The number of unbranched alkanes of at least 4 members (excludes halogenated alkanes) is 1. The maximum atomic E-state index is 11.5. The van der Waals surface area contributed by atoms with Crippen molar-refractivity contribution in [3.63, 3.8) is 0 Å². The highest BCUT2D eigenvalue weighted by Gasteiger charge is 2.06. The Kier molecular flexibility index (Phi) is 6.22. The molecule has 0 aliphatic carbocycles. The molecule has 0 fully saturated rings. The summed E-state index contributed by atoms with van der Waals surface area (Å²) in [6.07, 6.45) is 2.77. The number of allylic oxidation sites excluding steroid dienone is 1. The van der Waals surface area contributed by atoms with Crippen LogP contribution in [-0.4, -0.2) is 17.6 Å². The van der Waals surface area contributed by atoms with E-state index in [1.807, 2.05) is 6.92 Å². The number of nitro groups is 1. The van der Waals surface area contributed by atoms with Gasteiger partial charge in [0.25, 0.3) is 0 Å². The fraction of sp³-hybridized carbons (Fsp3) is 0.357. The van der Waals surface area contributed by atoms with E-state index >= 15 is 0 Å². The number of nitrogens with one attached hydrogen (secondary N) is 1. The molecule has 6 heteroatoms. The second kappa shape index (κ2) is 7.93. The number of rotatable bonds is 6. The minimum atomic E-state index is -0.523. The molecule has 1 aromatic rings. The minimum Gasteiger partial charge on any atom is -0.410 e. The third kappa shape index (κ3) is 5.51. The van der Waals surface area contributed by atoms with Crippen molar-refractivity contribution in [3.8, 4) is 5.75 Å². The molecule has 0 aliphatic heterocycles. The molecular formula is C14H18N2O4. The average molecular weight is 278 g/mol. The van der Waals surface area contributed by atoms with Gasteiger partial charge in [-0.05, 0) is 24.1 Å². The molecule has 1 N–H and O–H groups in total. The van der Waals surface area contributed by atoms with Crippen molar-refractivity contribution in [2.45, 2.75) is 26.7 Å². The van der Waals surface area contributed by atoms with Gasteiger partial charge in [-0.3, -0.25) is 10.1 Å². The van der Waals surface area contributed by atoms with Gasteiger partial charge in [-0.1, -0.05) is 25.5 Å². The molecule has 0 unspecified atom stereocenters. The van der Waals surface area contributed by atoms with Crippen molar-refractivity contribution < 1.29 is 14.5 Å². The van der Waals surface area contributed by atoms with Crippen LogP contribution in [0.5, 0.6) is 5.75 Å². The standard InChI is InChI=1S/C14H18N2O4/c1-3-4-8-15-14(17)20-13-7-5-6-12(10-13)9-11(2)16(18)19/h5-7,9-10H,3-4,8H2,1-2H3,(H,15,17). The summed E-state index contributed by atoms with van der Waals surface area (Å²) in [5.74, 6) is 0.351. The number of amides is 1. The molecule has 108 valence electrons. The summed E-state index contributed by atoms with van der Waals surface area (Å²) >= 11 is 0. The van der Waals surface area contributed by atoms with Gasteiger partial charge in [-0.2, -0.15) is 0 Å². The van der Waals surface area contributed by atoms with Gasteiger partial charge in [-0.15, -0.1) is 0 Å². The lowest BCUT2D eigenvalue weighted by Crippen LogP contribution is -2.27. The second-order valence-electron chi connectivity index (χ2n) is 4.29. The zero-order chi connectivity index (χ0) is 15.0. The molecule has 0 aromatic heterocycles. The summed E-state index contributed by atoms with van der Waals surface area (Å²) in [7, 11) is 0. The second-order valence-corrected chi connectivity index (χ2v) is 4.29. The van der Waals surface area contributed by atoms with Crippen LogP contribution in [-0.2, 0) is 0 Å². The van der Waals surface area contributed by atoms with Crippen LogP contribution in [0, 0.1) is 10.1 Å². The third-order valence-electron chi connectivity index (χ3n) is 2.53. The van der Waals surface area contributed by atoms with Crippen molar-refractivity contribution >= 4 is 12.2 Å². The summed E-state index contributed by atoms with van der Waals surface area (Å²) in [5, 5.41) is 13.2. The van der Waals surface area contributed by atoms with Gasteiger partial charge in [0.1, 0.15) is 5.75 Å². The van der Waals surface area contributed by atoms with E-state index < -0.39 is 11.0 Å². The smallest absolute Gasteiger partial charge is 0.410 e. The van der Waals surface area contributed by atoms with Crippen molar-refractivity contribution in [3.05, 3.63) is 45.6 Å². The molecule has 1 aromatic carbocycles.